The van der Waals surface area contributed by atoms with Gasteiger partial charge in [-0.3, -0.25) is 4.98 Å². The maximum atomic E-state index is 4.61. The topological polar surface area (TPSA) is 37.8 Å². The van der Waals surface area contributed by atoms with Crippen molar-refractivity contribution in [2.45, 2.75) is 59.4 Å². The number of anilines is 1. The highest BCUT2D eigenvalue weighted by molar-refractivity contribution is 5.41. The van der Waals surface area contributed by atoms with Crippen molar-refractivity contribution < 1.29 is 0 Å². The van der Waals surface area contributed by atoms with Crippen molar-refractivity contribution in [3.05, 3.63) is 17.6 Å². The van der Waals surface area contributed by atoms with Crippen LogP contribution in [0.25, 0.3) is 0 Å². The summed E-state index contributed by atoms with van der Waals surface area (Å²) in [6.45, 7) is 8.63. The first-order valence-corrected chi connectivity index (χ1v) is 6.36. The van der Waals surface area contributed by atoms with Gasteiger partial charge in [0.1, 0.15) is 5.82 Å². The normalized spacial score (nSPS) is 10.8. The lowest BCUT2D eigenvalue weighted by atomic mass is 10.1. The molecule has 1 aromatic rings. The molecule has 0 aliphatic carbocycles. The number of nitrogens with zero attached hydrogens (tertiary/aromatic N) is 2. The van der Waals surface area contributed by atoms with E-state index in [-0.39, 0.29) is 0 Å². The van der Waals surface area contributed by atoms with Crippen LogP contribution in [0.15, 0.2) is 6.20 Å². The first kappa shape index (κ1) is 12.9. The van der Waals surface area contributed by atoms with Gasteiger partial charge >= 0.3 is 0 Å². The first-order chi connectivity index (χ1) is 7.74. The third-order valence-electron chi connectivity index (χ3n) is 2.92. The summed E-state index contributed by atoms with van der Waals surface area (Å²) in [5, 5.41) is 3.48. The molecule has 0 unspecified atom stereocenters. The minimum Gasteiger partial charge on any atom is -0.366 e. The third-order valence-corrected chi connectivity index (χ3v) is 2.92. The molecule has 0 aliphatic rings. The van der Waals surface area contributed by atoms with Gasteiger partial charge in [-0.25, -0.2) is 4.98 Å². The Morgan fingerprint density at radius 2 is 1.81 bits per heavy atom. The maximum Gasteiger partial charge on any atom is 0.147 e. The molecule has 0 radical (unpaired) electrons. The Bertz CT molecular complexity index is 319. The standard InChI is InChI=1S/C13H23N3/c1-5-10(6-2)16-13-12(8-4)15-11(7-3)9-14-13/h9-10H,5-8H2,1-4H3,(H,14,16). The van der Waals surface area contributed by atoms with Crippen molar-refractivity contribution in [1.29, 1.82) is 0 Å². The molecule has 1 N–H and O–H groups in total. The van der Waals surface area contributed by atoms with Crippen molar-refractivity contribution >= 4 is 5.82 Å². The second-order valence-electron chi connectivity index (χ2n) is 4.02. The summed E-state index contributed by atoms with van der Waals surface area (Å²) in [4.78, 5) is 9.09. The Kier molecular flexibility index (Phi) is 5.23. The van der Waals surface area contributed by atoms with Crippen molar-refractivity contribution in [2.75, 3.05) is 5.32 Å². The average molecular weight is 221 g/mol. The van der Waals surface area contributed by atoms with Gasteiger partial charge in [-0.15, -0.1) is 0 Å². The highest BCUT2D eigenvalue weighted by Gasteiger charge is 2.09. The Balaban J connectivity index is 2.86. The van der Waals surface area contributed by atoms with Crippen LogP contribution < -0.4 is 5.32 Å². The molecule has 90 valence electrons. The molecule has 0 spiro atoms. The fraction of sp³-hybridized carbons (Fsp3) is 0.692. The van der Waals surface area contributed by atoms with Gasteiger partial charge in [0, 0.05) is 6.04 Å². The SMILES string of the molecule is CCc1cnc(NC(CC)CC)c(CC)n1. The van der Waals surface area contributed by atoms with Gasteiger partial charge in [-0.2, -0.15) is 0 Å². The van der Waals surface area contributed by atoms with Gasteiger partial charge < -0.3 is 5.32 Å². The summed E-state index contributed by atoms with van der Waals surface area (Å²) in [5.41, 5.74) is 2.16. The summed E-state index contributed by atoms with van der Waals surface area (Å²) in [6, 6.07) is 0.507. The lowest BCUT2D eigenvalue weighted by Gasteiger charge is -2.17. The maximum absolute atomic E-state index is 4.61. The summed E-state index contributed by atoms with van der Waals surface area (Å²) in [7, 11) is 0. The molecule has 0 fully saturated rings. The number of hydrogen-bond donors (Lipinski definition) is 1. The molecule has 16 heavy (non-hydrogen) atoms. The van der Waals surface area contributed by atoms with E-state index in [1.165, 1.54) is 0 Å². The predicted molar refractivity (Wildman–Crippen MR) is 68.8 cm³/mol. The number of aromatic nitrogens is 2. The van der Waals surface area contributed by atoms with Gasteiger partial charge in [-0.05, 0) is 25.7 Å². The molecule has 0 amide bonds. The van der Waals surface area contributed by atoms with Crippen LogP contribution in [0.3, 0.4) is 0 Å². The second-order valence-corrected chi connectivity index (χ2v) is 4.02. The van der Waals surface area contributed by atoms with E-state index in [0.717, 1.165) is 42.9 Å². The van der Waals surface area contributed by atoms with E-state index in [0.29, 0.717) is 6.04 Å². The lowest BCUT2D eigenvalue weighted by Crippen LogP contribution is -2.19. The molecule has 0 saturated heterocycles. The van der Waals surface area contributed by atoms with E-state index in [1.54, 1.807) is 0 Å². The van der Waals surface area contributed by atoms with Gasteiger partial charge in [0.15, 0.2) is 0 Å². The molecule has 1 rings (SSSR count). The van der Waals surface area contributed by atoms with Crippen LogP contribution >= 0.6 is 0 Å². The number of rotatable bonds is 6. The fourth-order valence-electron chi connectivity index (χ4n) is 1.69. The zero-order valence-electron chi connectivity index (χ0n) is 10.9. The third kappa shape index (κ3) is 3.19. The minimum absolute atomic E-state index is 0.507. The van der Waals surface area contributed by atoms with E-state index in [9.17, 15) is 0 Å². The van der Waals surface area contributed by atoms with Crippen LogP contribution in [-0.2, 0) is 12.8 Å². The molecule has 0 bridgehead atoms. The van der Waals surface area contributed by atoms with Gasteiger partial charge in [0.2, 0.25) is 0 Å². The van der Waals surface area contributed by atoms with Crippen molar-refractivity contribution in [3.63, 3.8) is 0 Å². The quantitative estimate of drug-likeness (QED) is 0.801. The minimum atomic E-state index is 0.507. The fourth-order valence-corrected chi connectivity index (χ4v) is 1.69. The van der Waals surface area contributed by atoms with Gasteiger partial charge in [0.25, 0.3) is 0 Å². The molecule has 3 heteroatoms. The van der Waals surface area contributed by atoms with E-state index < -0.39 is 0 Å². The van der Waals surface area contributed by atoms with E-state index in [4.69, 9.17) is 0 Å². The Morgan fingerprint density at radius 1 is 1.12 bits per heavy atom. The van der Waals surface area contributed by atoms with Crippen LogP contribution in [0, 0.1) is 0 Å². The molecule has 1 heterocycles. The average Bonchev–Trinajstić information content (AvgIpc) is 2.35. The molecule has 0 aliphatic heterocycles. The molecule has 0 saturated carbocycles. The summed E-state index contributed by atoms with van der Waals surface area (Å²) in [6.07, 6.45) is 6.01. The smallest absolute Gasteiger partial charge is 0.147 e. The molecule has 0 aromatic carbocycles. The predicted octanol–water partition coefficient (Wildman–Crippen LogP) is 3.20. The van der Waals surface area contributed by atoms with Crippen LogP contribution in [0.4, 0.5) is 5.82 Å². The van der Waals surface area contributed by atoms with E-state index in [2.05, 4.69) is 43.0 Å². The molecule has 3 nitrogen and oxygen atoms in total. The van der Waals surface area contributed by atoms with Crippen LogP contribution in [-0.4, -0.2) is 16.0 Å². The summed E-state index contributed by atoms with van der Waals surface area (Å²) >= 11 is 0. The lowest BCUT2D eigenvalue weighted by molar-refractivity contribution is 0.665. The highest BCUT2D eigenvalue weighted by Crippen LogP contribution is 2.14. The van der Waals surface area contributed by atoms with E-state index >= 15 is 0 Å². The second kappa shape index (κ2) is 6.46. The number of aryl methyl sites for hydroxylation is 2. The highest BCUT2D eigenvalue weighted by atomic mass is 15.0. The van der Waals surface area contributed by atoms with E-state index in [1.807, 2.05) is 6.20 Å². The molecule has 0 atom stereocenters. The van der Waals surface area contributed by atoms with Crippen LogP contribution in [0.5, 0.6) is 0 Å². The monoisotopic (exact) mass is 221 g/mol. The molecular weight excluding hydrogens is 198 g/mol. The Morgan fingerprint density at radius 3 is 2.31 bits per heavy atom. The van der Waals surface area contributed by atoms with Crippen LogP contribution in [0.1, 0.15) is 51.9 Å². The number of hydrogen-bond acceptors (Lipinski definition) is 3. The largest absolute Gasteiger partial charge is 0.366 e. The van der Waals surface area contributed by atoms with Gasteiger partial charge in [-0.1, -0.05) is 27.7 Å². The molecular formula is C13H23N3. The Hall–Kier alpha value is -1.12. The number of nitrogens with one attached hydrogen (secondary N) is 1. The zero-order valence-corrected chi connectivity index (χ0v) is 10.9. The van der Waals surface area contributed by atoms with Gasteiger partial charge in [0.05, 0.1) is 17.6 Å². The first-order valence-electron chi connectivity index (χ1n) is 6.36. The summed E-state index contributed by atoms with van der Waals surface area (Å²) < 4.78 is 0. The van der Waals surface area contributed by atoms with Crippen molar-refractivity contribution in [2.24, 2.45) is 0 Å². The summed E-state index contributed by atoms with van der Waals surface area (Å²) in [5.74, 6) is 0.966. The molecule has 1 aromatic heterocycles. The zero-order chi connectivity index (χ0) is 12.0. The van der Waals surface area contributed by atoms with Crippen molar-refractivity contribution in [1.82, 2.24) is 9.97 Å². The van der Waals surface area contributed by atoms with Crippen LogP contribution in [0.2, 0.25) is 0 Å². The Labute approximate surface area is 98.7 Å². The van der Waals surface area contributed by atoms with Crippen molar-refractivity contribution in [3.8, 4) is 0 Å².